The molecule has 0 aromatic heterocycles. The van der Waals surface area contributed by atoms with Crippen LogP contribution in [0.2, 0.25) is 5.02 Å². The maximum absolute atomic E-state index is 11.6. The highest BCUT2D eigenvalue weighted by atomic mass is 35.5. The molecule has 0 aliphatic heterocycles. The summed E-state index contributed by atoms with van der Waals surface area (Å²) in [5, 5.41) is 21.0. The number of aliphatic hydroxyl groups excluding tert-OH is 1. The van der Waals surface area contributed by atoms with Crippen LogP contribution in [0.4, 0.5) is 10.5 Å². The topological polar surface area (TPSA) is 95.9 Å². The van der Waals surface area contributed by atoms with Crippen molar-refractivity contribution in [1.82, 2.24) is 0 Å². The predicted molar refractivity (Wildman–Crippen MR) is 78.5 cm³/mol. The number of nitrogens with one attached hydrogen (secondary N) is 1. The number of carboxylic acid groups (broad SMARTS) is 1. The summed E-state index contributed by atoms with van der Waals surface area (Å²) in [6, 6.07) is 4.38. The summed E-state index contributed by atoms with van der Waals surface area (Å²) in [6.45, 7) is 5.21. The highest BCUT2D eigenvalue weighted by Gasteiger charge is 2.18. The minimum atomic E-state index is -1.16. The molecule has 0 fully saturated rings. The lowest BCUT2D eigenvalue weighted by atomic mass is 10.1. The summed E-state index contributed by atoms with van der Waals surface area (Å²) in [5.74, 6) is -1.12. The lowest BCUT2D eigenvalue weighted by Crippen LogP contribution is -2.27. The second-order valence-electron chi connectivity index (χ2n) is 5.48. The molecule has 0 aliphatic carbocycles. The molecule has 6 nitrogen and oxygen atoms in total. The Balaban J connectivity index is 2.79. The van der Waals surface area contributed by atoms with Crippen LogP contribution in [-0.2, 0) is 9.53 Å². The fraction of sp³-hybridized carbons (Fsp3) is 0.429. The van der Waals surface area contributed by atoms with E-state index in [0.29, 0.717) is 11.3 Å². The fourth-order valence-electron chi connectivity index (χ4n) is 1.54. The van der Waals surface area contributed by atoms with Gasteiger partial charge >= 0.3 is 12.1 Å². The van der Waals surface area contributed by atoms with Gasteiger partial charge in [-0.3, -0.25) is 10.1 Å². The Morgan fingerprint density at radius 3 is 2.48 bits per heavy atom. The van der Waals surface area contributed by atoms with Gasteiger partial charge in [-0.25, -0.2) is 4.79 Å². The van der Waals surface area contributed by atoms with Gasteiger partial charge < -0.3 is 14.9 Å². The average molecular weight is 316 g/mol. The molecule has 0 spiro atoms. The second-order valence-corrected chi connectivity index (χ2v) is 5.89. The number of anilines is 1. The van der Waals surface area contributed by atoms with Crippen molar-refractivity contribution in [3.63, 3.8) is 0 Å². The van der Waals surface area contributed by atoms with E-state index in [1.807, 2.05) is 0 Å². The van der Waals surface area contributed by atoms with E-state index in [1.165, 1.54) is 18.2 Å². The number of rotatable bonds is 4. The van der Waals surface area contributed by atoms with Crippen molar-refractivity contribution in [1.29, 1.82) is 0 Å². The SMILES string of the molecule is CC(C)(C)OC(=O)Nc1ccc([C@@H](O)CC(=O)O)cc1Cl. The Kier molecular flexibility index (Phi) is 5.57. The Hall–Kier alpha value is -1.79. The van der Waals surface area contributed by atoms with Crippen LogP contribution in [-0.4, -0.2) is 27.9 Å². The van der Waals surface area contributed by atoms with Gasteiger partial charge in [-0.1, -0.05) is 17.7 Å². The lowest BCUT2D eigenvalue weighted by Gasteiger charge is -2.20. The van der Waals surface area contributed by atoms with E-state index >= 15 is 0 Å². The van der Waals surface area contributed by atoms with Crippen molar-refractivity contribution in [2.24, 2.45) is 0 Å². The van der Waals surface area contributed by atoms with Crippen LogP contribution < -0.4 is 5.32 Å². The number of aliphatic hydroxyl groups is 1. The van der Waals surface area contributed by atoms with Gasteiger partial charge in [0.2, 0.25) is 0 Å². The molecule has 0 unspecified atom stereocenters. The molecule has 3 N–H and O–H groups in total. The number of carbonyl (C=O) groups is 2. The number of carbonyl (C=O) groups excluding carboxylic acids is 1. The normalized spacial score (nSPS) is 12.6. The number of ether oxygens (including phenoxy) is 1. The first-order valence-electron chi connectivity index (χ1n) is 6.28. The Labute approximate surface area is 127 Å². The smallest absolute Gasteiger partial charge is 0.412 e. The molecule has 1 rings (SSSR count). The van der Waals surface area contributed by atoms with E-state index < -0.39 is 30.2 Å². The van der Waals surface area contributed by atoms with Gasteiger partial charge in [-0.2, -0.15) is 0 Å². The molecule has 21 heavy (non-hydrogen) atoms. The maximum atomic E-state index is 11.6. The van der Waals surface area contributed by atoms with E-state index in [4.69, 9.17) is 21.4 Å². The van der Waals surface area contributed by atoms with Gasteiger partial charge in [0.15, 0.2) is 0 Å². The second kappa shape index (κ2) is 6.78. The molecule has 1 amide bonds. The summed E-state index contributed by atoms with van der Waals surface area (Å²) < 4.78 is 5.09. The summed E-state index contributed by atoms with van der Waals surface area (Å²) in [4.78, 5) is 22.2. The summed E-state index contributed by atoms with van der Waals surface area (Å²) in [6.07, 6.45) is -2.23. The van der Waals surface area contributed by atoms with Crippen LogP contribution in [0.15, 0.2) is 18.2 Å². The molecule has 1 atom stereocenters. The van der Waals surface area contributed by atoms with E-state index in [2.05, 4.69) is 5.32 Å². The van der Waals surface area contributed by atoms with E-state index in [1.54, 1.807) is 20.8 Å². The summed E-state index contributed by atoms with van der Waals surface area (Å²) >= 11 is 6.00. The van der Waals surface area contributed by atoms with E-state index in [-0.39, 0.29) is 5.02 Å². The van der Waals surface area contributed by atoms with Crippen LogP contribution in [0.25, 0.3) is 0 Å². The number of amides is 1. The molecule has 0 heterocycles. The average Bonchev–Trinajstić information content (AvgIpc) is 2.28. The maximum Gasteiger partial charge on any atom is 0.412 e. The van der Waals surface area contributed by atoms with Gasteiger partial charge in [0.1, 0.15) is 5.60 Å². The summed E-state index contributed by atoms with van der Waals surface area (Å²) in [7, 11) is 0. The number of aliphatic carboxylic acids is 1. The number of benzene rings is 1. The lowest BCUT2D eigenvalue weighted by molar-refractivity contribution is -0.139. The van der Waals surface area contributed by atoms with Crippen molar-refractivity contribution in [3.05, 3.63) is 28.8 Å². The van der Waals surface area contributed by atoms with Crippen LogP contribution in [0.3, 0.4) is 0 Å². The number of hydrogen-bond donors (Lipinski definition) is 3. The Morgan fingerprint density at radius 2 is 2.00 bits per heavy atom. The zero-order valence-corrected chi connectivity index (χ0v) is 12.8. The van der Waals surface area contributed by atoms with Crippen molar-refractivity contribution >= 4 is 29.4 Å². The van der Waals surface area contributed by atoms with E-state index in [0.717, 1.165) is 0 Å². The zero-order valence-electron chi connectivity index (χ0n) is 12.0. The minimum Gasteiger partial charge on any atom is -0.481 e. The van der Waals surface area contributed by atoms with Crippen molar-refractivity contribution in [2.45, 2.75) is 38.9 Å². The fourth-order valence-corrected chi connectivity index (χ4v) is 1.77. The van der Waals surface area contributed by atoms with Gasteiger partial charge in [0, 0.05) is 0 Å². The van der Waals surface area contributed by atoms with Crippen LogP contribution in [0.5, 0.6) is 0 Å². The first kappa shape index (κ1) is 17.3. The van der Waals surface area contributed by atoms with Crippen molar-refractivity contribution in [2.75, 3.05) is 5.32 Å². The molecular formula is C14H18ClNO5. The van der Waals surface area contributed by atoms with Crippen LogP contribution in [0, 0.1) is 0 Å². The first-order chi connectivity index (χ1) is 9.58. The summed E-state index contributed by atoms with van der Waals surface area (Å²) in [5.41, 5.74) is 0.0445. The zero-order chi connectivity index (χ0) is 16.2. The molecule has 7 heteroatoms. The number of carboxylic acids is 1. The molecule has 0 saturated carbocycles. The highest BCUT2D eigenvalue weighted by molar-refractivity contribution is 6.33. The largest absolute Gasteiger partial charge is 0.481 e. The molecule has 0 aliphatic rings. The van der Waals surface area contributed by atoms with E-state index in [9.17, 15) is 14.7 Å². The molecule has 0 saturated heterocycles. The Bertz CT molecular complexity index is 539. The third-order valence-electron chi connectivity index (χ3n) is 2.38. The first-order valence-corrected chi connectivity index (χ1v) is 6.65. The monoisotopic (exact) mass is 315 g/mol. The molecule has 1 aromatic carbocycles. The van der Waals surface area contributed by atoms with Crippen LogP contribution in [0.1, 0.15) is 38.9 Å². The quantitative estimate of drug-likeness (QED) is 0.793. The highest BCUT2D eigenvalue weighted by Crippen LogP contribution is 2.27. The Morgan fingerprint density at radius 1 is 1.38 bits per heavy atom. The molecule has 1 aromatic rings. The van der Waals surface area contributed by atoms with Gasteiger partial charge in [0.25, 0.3) is 0 Å². The third-order valence-corrected chi connectivity index (χ3v) is 2.69. The van der Waals surface area contributed by atoms with Gasteiger partial charge in [-0.05, 0) is 38.5 Å². The molecule has 116 valence electrons. The molecular weight excluding hydrogens is 298 g/mol. The third kappa shape index (κ3) is 6.01. The standard InChI is InChI=1S/C14H18ClNO5/c1-14(2,3)21-13(20)16-10-5-4-8(6-9(10)15)11(17)7-12(18)19/h4-6,11,17H,7H2,1-3H3,(H,16,20)(H,18,19)/t11-/m0/s1. The van der Waals surface area contributed by atoms with Crippen molar-refractivity contribution < 1.29 is 24.5 Å². The van der Waals surface area contributed by atoms with Crippen molar-refractivity contribution in [3.8, 4) is 0 Å². The molecule has 0 bridgehead atoms. The van der Waals surface area contributed by atoms with Gasteiger partial charge in [0.05, 0.1) is 23.2 Å². The predicted octanol–water partition coefficient (Wildman–Crippen LogP) is 3.20. The number of hydrogen-bond acceptors (Lipinski definition) is 4. The van der Waals surface area contributed by atoms with Crippen LogP contribution >= 0.6 is 11.6 Å². The minimum absolute atomic E-state index is 0.183. The molecule has 0 radical (unpaired) electrons. The van der Waals surface area contributed by atoms with Gasteiger partial charge in [-0.15, -0.1) is 0 Å². The number of halogens is 1.